The standard InChI is InChI=1S/C9H8O2.C3H6O3/c10-9(11)7-6-8-4-2-1-3-5-8;1-2(4)3(5)6/h1-7H,(H,10,11);2,4H,1H3,(H,5,6)/p-2/b7-6+;. The maximum absolute atomic E-state index is 9.97. The first-order valence-electron chi connectivity index (χ1n) is 4.76. The van der Waals surface area contributed by atoms with Crippen LogP contribution < -0.4 is 10.2 Å². The predicted octanol–water partition coefficient (Wildman–Crippen LogP) is -1.43. The van der Waals surface area contributed by atoms with Crippen molar-refractivity contribution in [2.75, 3.05) is 0 Å². The van der Waals surface area contributed by atoms with E-state index in [0.29, 0.717) is 0 Å². The molecule has 0 saturated carbocycles. The fourth-order valence-corrected chi connectivity index (χ4v) is 0.728. The van der Waals surface area contributed by atoms with Crippen LogP contribution in [0, 0.1) is 0 Å². The zero-order valence-corrected chi connectivity index (χ0v) is 9.20. The number of carboxylic acids is 2. The van der Waals surface area contributed by atoms with Crippen molar-refractivity contribution in [3.63, 3.8) is 0 Å². The van der Waals surface area contributed by atoms with E-state index in [4.69, 9.17) is 5.11 Å². The highest BCUT2D eigenvalue weighted by Gasteiger charge is 1.89. The lowest BCUT2D eigenvalue weighted by molar-refractivity contribution is -0.314. The topological polar surface area (TPSA) is 100 Å². The normalized spacial score (nSPS) is 11.4. The van der Waals surface area contributed by atoms with Gasteiger partial charge in [0.05, 0.1) is 18.0 Å². The van der Waals surface area contributed by atoms with Gasteiger partial charge in [-0.1, -0.05) is 36.4 Å². The van der Waals surface area contributed by atoms with Crippen LogP contribution in [0.2, 0.25) is 0 Å². The molecule has 1 atom stereocenters. The van der Waals surface area contributed by atoms with E-state index >= 15 is 0 Å². The summed E-state index contributed by atoms with van der Waals surface area (Å²) in [5, 5.41) is 27.3. The quantitative estimate of drug-likeness (QED) is 0.648. The maximum atomic E-state index is 9.97. The van der Waals surface area contributed by atoms with Gasteiger partial charge in [0, 0.05) is 0 Å². The molecule has 0 aromatic heterocycles. The summed E-state index contributed by atoms with van der Waals surface area (Å²) >= 11 is 0. The monoisotopic (exact) mass is 236 g/mol. The Morgan fingerprint density at radius 2 is 1.71 bits per heavy atom. The van der Waals surface area contributed by atoms with Crippen molar-refractivity contribution < 1.29 is 24.9 Å². The molecular formula is C12H12O5-2. The fourth-order valence-electron chi connectivity index (χ4n) is 0.728. The van der Waals surface area contributed by atoms with Crippen molar-refractivity contribution >= 4 is 18.0 Å². The van der Waals surface area contributed by atoms with Crippen LogP contribution in [0.25, 0.3) is 6.08 Å². The number of hydrogen-bond acceptors (Lipinski definition) is 5. The molecule has 0 spiro atoms. The number of carbonyl (C=O) groups excluding carboxylic acids is 2. The minimum atomic E-state index is -1.44. The highest BCUT2D eigenvalue weighted by atomic mass is 16.4. The first-order valence-corrected chi connectivity index (χ1v) is 4.76. The predicted molar refractivity (Wildman–Crippen MR) is 57.2 cm³/mol. The number of carboxylic acid groups (broad SMARTS) is 2. The van der Waals surface area contributed by atoms with Gasteiger partial charge in [-0.2, -0.15) is 0 Å². The Kier molecular flexibility index (Phi) is 7.05. The zero-order chi connectivity index (χ0) is 13.3. The summed E-state index contributed by atoms with van der Waals surface area (Å²) in [4.78, 5) is 19.3. The van der Waals surface area contributed by atoms with E-state index in [0.717, 1.165) is 18.6 Å². The van der Waals surface area contributed by atoms with Gasteiger partial charge >= 0.3 is 0 Å². The Morgan fingerprint density at radius 3 is 2.06 bits per heavy atom. The molecule has 0 fully saturated rings. The molecule has 5 nitrogen and oxygen atoms in total. The van der Waals surface area contributed by atoms with Gasteiger partial charge < -0.3 is 24.9 Å². The van der Waals surface area contributed by atoms with Crippen LogP contribution in [-0.4, -0.2) is 23.1 Å². The molecule has 0 aliphatic heterocycles. The Hall–Kier alpha value is -2.14. The smallest absolute Gasteiger partial charge is 0.0905 e. The van der Waals surface area contributed by atoms with Crippen LogP contribution >= 0.6 is 0 Å². The molecule has 5 heteroatoms. The molecule has 0 bridgehead atoms. The number of carbonyl (C=O) groups is 2. The Balaban J connectivity index is 0.000000366. The van der Waals surface area contributed by atoms with E-state index < -0.39 is 18.0 Å². The molecule has 1 aromatic rings. The van der Waals surface area contributed by atoms with Crippen LogP contribution in [-0.2, 0) is 9.59 Å². The summed E-state index contributed by atoms with van der Waals surface area (Å²) < 4.78 is 0. The van der Waals surface area contributed by atoms with Crippen LogP contribution in [0.5, 0.6) is 0 Å². The number of hydrogen-bond donors (Lipinski definition) is 1. The minimum absolute atomic E-state index is 0.858. The second-order valence-electron chi connectivity index (χ2n) is 3.06. The molecule has 1 aromatic carbocycles. The minimum Gasteiger partial charge on any atom is -0.547 e. The van der Waals surface area contributed by atoms with Gasteiger partial charge in [-0.3, -0.25) is 0 Å². The summed E-state index contributed by atoms with van der Waals surface area (Å²) in [5.41, 5.74) is 0.858. The molecule has 0 heterocycles. The third-order valence-electron chi connectivity index (χ3n) is 1.55. The molecular weight excluding hydrogens is 224 g/mol. The van der Waals surface area contributed by atoms with Crippen molar-refractivity contribution in [1.82, 2.24) is 0 Å². The van der Waals surface area contributed by atoms with E-state index in [1.807, 2.05) is 30.3 Å². The Bertz CT molecular complexity index is 381. The zero-order valence-electron chi connectivity index (χ0n) is 9.20. The molecule has 1 rings (SSSR count). The largest absolute Gasteiger partial charge is 0.547 e. The van der Waals surface area contributed by atoms with Crippen LogP contribution in [0.1, 0.15) is 12.5 Å². The van der Waals surface area contributed by atoms with E-state index in [1.165, 1.54) is 6.08 Å². The van der Waals surface area contributed by atoms with Gasteiger partial charge in [0.2, 0.25) is 0 Å². The second-order valence-corrected chi connectivity index (χ2v) is 3.06. The van der Waals surface area contributed by atoms with Gasteiger partial charge in [-0.05, 0) is 18.6 Å². The highest BCUT2D eigenvalue weighted by Crippen LogP contribution is 1.99. The molecule has 1 N–H and O–H groups in total. The fraction of sp³-hybridized carbons (Fsp3) is 0.167. The molecule has 17 heavy (non-hydrogen) atoms. The summed E-state index contributed by atoms with van der Waals surface area (Å²) in [6.45, 7) is 1.13. The lowest BCUT2D eigenvalue weighted by Gasteiger charge is -2.00. The summed E-state index contributed by atoms with van der Waals surface area (Å²) in [5.74, 6) is -2.61. The van der Waals surface area contributed by atoms with E-state index in [2.05, 4.69) is 0 Å². The Morgan fingerprint density at radius 1 is 1.24 bits per heavy atom. The lowest BCUT2D eigenvalue weighted by atomic mass is 10.2. The molecule has 0 saturated heterocycles. The van der Waals surface area contributed by atoms with Crippen LogP contribution in [0.3, 0.4) is 0 Å². The summed E-state index contributed by atoms with van der Waals surface area (Å²) in [7, 11) is 0. The van der Waals surface area contributed by atoms with Gasteiger partial charge in [0.1, 0.15) is 0 Å². The average Bonchev–Trinajstić information content (AvgIpc) is 2.28. The van der Waals surface area contributed by atoms with E-state index in [1.54, 1.807) is 0 Å². The number of benzene rings is 1. The van der Waals surface area contributed by atoms with Crippen molar-refractivity contribution in [2.45, 2.75) is 13.0 Å². The first kappa shape index (κ1) is 14.9. The number of aliphatic hydroxyl groups is 1. The van der Waals surface area contributed by atoms with Crippen molar-refractivity contribution in [3.05, 3.63) is 42.0 Å². The summed E-state index contributed by atoms with van der Waals surface area (Å²) in [6, 6.07) is 9.19. The second kappa shape index (κ2) is 8.06. The molecule has 92 valence electrons. The average molecular weight is 236 g/mol. The van der Waals surface area contributed by atoms with Crippen LogP contribution in [0.15, 0.2) is 36.4 Å². The molecule has 0 aliphatic rings. The van der Waals surface area contributed by atoms with Crippen molar-refractivity contribution in [2.24, 2.45) is 0 Å². The van der Waals surface area contributed by atoms with Gasteiger partial charge in [-0.15, -0.1) is 0 Å². The third kappa shape index (κ3) is 8.83. The highest BCUT2D eigenvalue weighted by molar-refractivity contribution is 5.83. The Labute approximate surface area is 98.6 Å². The van der Waals surface area contributed by atoms with Gasteiger partial charge in [-0.25, -0.2) is 0 Å². The number of aliphatic carboxylic acids is 2. The first-order chi connectivity index (χ1) is 7.93. The molecule has 0 aliphatic carbocycles. The van der Waals surface area contributed by atoms with E-state index in [9.17, 15) is 19.8 Å². The number of aliphatic hydroxyl groups excluding tert-OH is 1. The third-order valence-corrected chi connectivity index (χ3v) is 1.55. The van der Waals surface area contributed by atoms with Crippen molar-refractivity contribution in [3.8, 4) is 0 Å². The van der Waals surface area contributed by atoms with E-state index in [-0.39, 0.29) is 0 Å². The van der Waals surface area contributed by atoms with Crippen molar-refractivity contribution in [1.29, 1.82) is 0 Å². The van der Waals surface area contributed by atoms with Gasteiger partial charge in [0.25, 0.3) is 0 Å². The molecule has 1 unspecified atom stereocenters. The lowest BCUT2D eigenvalue weighted by Crippen LogP contribution is -2.32. The maximum Gasteiger partial charge on any atom is 0.0905 e. The number of rotatable bonds is 3. The molecule has 0 radical (unpaired) electrons. The summed E-state index contributed by atoms with van der Waals surface area (Å²) in [6.07, 6.45) is 1.16. The van der Waals surface area contributed by atoms with Gasteiger partial charge in [0.15, 0.2) is 0 Å². The SMILES string of the molecule is CC(O)C(=O)[O-].O=C([O-])/C=C/c1ccccc1. The molecule has 0 amide bonds. The van der Waals surface area contributed by atoms with Crippen LogP contribution in [0.4, 0.5) is 0 Å².